The molecule has 3 atom stereocenters. The average Bonchev–Trinajstić information content (AvgIpc) is 2.95. The summed E-state index contributed by atoms with van der Waals surface area (Å²) in [5, 5.41) is 21.1. The van der Waals surface area contributed by atoms with E-state index in [1.54, 1.807) is 0 Å². The summed E-state index contributed by atoms with van der Waals surface area (Å²) in [4.78, 5) is 25.5. The Balaban J connectivity index is 1.38. The smallest absolute Gasteiger partial charge is 0.303 e. The van der Waals surface area contributed by atoms with E-state index in [2.05, 4.69) is 10.2 Å². The van der Waals surface area contributed by atoms with Crippen LogP contribution in [0.1, 0.15) is 74.0 Å². The monoisotopic (exact) mass is 540 g/mol. The van der Waals surface area contributed by atoms with Crippen LogP contribution in [0.5, 0.6) is 0 Å². The molecule has 0 bridgehead atoms. The van der Waals surface area contributed by atoms with Gasteiger partial charge in [0, 0.05) is 50.1 Å². The van der Waals surface area contributed by atoms with Gasteiger partial charge >= 0.3 is 5.97 Å². The van der Waals surface area contributed by atoms with Crippen LogP contribution in [0.3, 0.4) is 0 Å². The highest BCUT2D eigenvalue weighted by Gasteiger charge is 2.33. The number of hydrogen-bond acceptors (Lipinski definition) is 7. The van der Waals surface area contributed by atoms with Crippen molar-refractivity contribution in [1.29, 1.82) is 0 Å². The highest BCUT2D eigenvalue weighted by atomic mass is 16.7. The first-order valence-corrected chi connectivity index (χ1v) is 13.9. The van der Waals surface area contributed by atoms with Crippen LogP contribution in [-0.2, 0) is 30.4 Å². The number of rotatable bonds is 13. The van der Waals surface area contributed by atoms with Crippen LogP contribution in [0.15, 0.2) is 48.5 Å². The number of nitrogens with zero attached hydrogens (tertiary/aromatic N) is 1. The maximum absolute atomic E-state index is 12.5. The molecule has 0 aliphatic carbocycles. The summed E-state index contributed by atoms with van der Waals surface area (Å²) in [7, 11) is 0. The Kier molecular flexibility index (Phi) is 11.3. The van der Waals surface area contributed by atoms with Crippen LogP contribution in [-0.4, -0.2) is 65.9 Å². The van der Waals surface area contributed by atoms with Gasteiger partial charge in [-0.1, -0.05) is 49.2 Å². The Labute approximate surface area is 230 Å². The zero-order valence-electron chi connectivity index (χ0n) is 22.4. The second kappa shape index (κ2) is 15.1. The van der Waals surface area contributed by atoms with Gasteiger partial charge in [0.1, 0.15) is 0 Å². The van der Waals surface area contributed by atoms with Crippen molar-refractivity contribution in [3.63, 3.8) is 0 Å². The number of aliphatic hydroxyl groups excluding tert-OH is 1. The van der Waals surface area contributed by atoms with Gasteiger partial charge in [0.05, 0.1) is 32.0 Å². The summed E-state index contributed by atoms with van der Waals surface area (Å²) in [5.41, 5.74) is 3.43. The summed E-state index contributed by atoms with van der Waals surface area (Å²) in [6.07, 6.45) is 3.49. The van der Waals surface area contributed by atoms with Gasteiger partial charge in [-0.15, -0.1) is 0 Å². The lowest BCUT2D eigenvalue weighted by Crippen LogP contribution is -2.44. The third-order valence-corrected chi connectivity index (χ3v) is 7.17. The predicted octanol–water partition coefficient (Wildman–Crippen LogP) is 4.42. The molecule has 212 valence electrons. The van der Waals surface area contributed by atoms with E-state index in [0.717, 1.165) is 75.2 Å². The third kappa shape index (κ3) is 9.40. The van der Waals surface area contributed by atoms with E-state index in [9.17, 15) is 14.7 Å². The first-order valence-electron chi connectivity index (χ1n) is 13.9. The molecule has 2 aliphatic heterocycles. The van der Waals surface area contributed by atoms with Crippen molar-refractivity contribution in [3.8, 4) is 0 Å². The Morgan fingerprint density at radius 1 is 0.923 bits per heavy atom. The van der Waals surface area contributed by atoms with Gasteiger partial charge in [-0.3, -0.25) is 14.5 Å². The Hall–Kier alpha value is -2.82. The zero-order valence-corrected chi connectivity index (χ0v) is 22.4. The van der Waals surface area contributed by atoms with Crippen molar-refractivity contribution in [2.45, 2.75) is 70.1 Å². The molecule has 3 N–H and O–H groups in total. The fourth-order valence-electron chi connectivity index (χ4n) is 5.01. The Morgan fingerprint density at radius 3 is 2.38 bits per heavy atom. The number of hydrogen-bond donors (Lipinski definition) is 3. The van der Waals surface area contributed by atoms with Crippen LogP contribution in [0, 0.1) is 0 Å². The molecule has 2 aromatic rings. The molecule has 3 unspecified atom stereocenters. The molecular weight excluding hydrogens is 500 g/mol. The van der Waals surface area contributed by atoms with Crippen LogP contribution in [0.4, 0.5) is 5.69 Å². The number of carbonyl (C=O) groups is 2. The minimum Gasteiger partial charge on any atom is -0.481 e. The Morgan fingerprint density at radius 2 is 1.67 bits per heavy atom. The van der Waals surface area contributed by atoms with Crippen molar-refractivity contribution in [1.82, 2.24) is 4.90 Å². The number of nitrogens with one attached hydrogen (secondary N) is 1. The quantitative estimate of drug-likeness (QED) is 0.320. The van der Waals surface area contributed by atoms with Gasteiger partial charge in [0.15, 0.2) is 6.29 Å². The molecule has 0 radical (unpaired) electrons. The van der Waals surface area contributed by atoms with Crippen molar-refractivity contribution in [2.75, 3.05) is 38.2 Å². The van der Waals surface area contributed by atoms with Crippen LogP contribution in [0.2, 0.25) is 0 Å². The molecule has 0 spiro atoms. The molecule has 2 heterocycles. The molecule has 0 saturated carbocycles. The zero-order chi connectivity index (χ0) is 27.5. The molecule has 2 fully saturated rings. The topological polar surface area (TPSA) is 118 Å². The van der Waals surface area contributed by atoms with E-state index in [1.165, 1.54) is 0 Å². The second-order valence-corrected chi connectivity index (χ2v) is 10.2. The lowest BCUT2D eigenvalue weighted by atomic mass is 9.99. The highest BCUT2D eigenvalue weighted by Crippen LogP contribution is 2.38. The normalized spacial score (nSPS) is 21.9. The highest BCUT2D eigenvalue weighted by molar-refractivity contribution is 5.90. The molecule has 39 heavy (non-hydrogen) atoms. The summed E-state index contributed by atoms with van der Waals surface area (Å²) in [5.74, 6) is -0.847. The number of aliphatic carboxylic acids is 1. The molecule has 2 saturated heterocycles. The fourth-order valence-corrected chi connectivity index (χ4v) is 5.01. The number of unbranched alkanes of at least 4 members (excludes halogenated alkanes) is 3. The fraction of sp³-hybridized carbons (Fsp3) is 0.533. The predicted molar refractivity (Wildman–Crippen MR) is 146 cm³/mol. The van der Waals surface area contributed by atoms with E-state index >= 15 is 0 Å². The lowest BCUT2D eigenvalue weighted by molar-refractivity contribution is -0.253. The van der Waals surface area contributed by atoms with Crippen LogP contribution < -0.4 is 5.32 Å². The maximum atomic E-state index is 12.5. The van der Waals surface area contributed by atoms with Crippen molar-refractivity contribution in [2.24, 2.45) is 0 Å². The molecule has 9 heteroatoms. The van der Waals surface area contributed by atoms with Crippen molar-refractivity contribution < 1.29 is 34.0 Å². The van der Waals surface area contributed by atoms with E-state index in [1.807, 2.05) is 48.5 Å². The second-order valence-electron chi connectivity index (χ2n) is 10.2. The number of carboxylic acid groups (broad SMARTS) is 1. The van der Waals surface area contributed by atoms with Crippen LogP contribution >= 0.6 is 0 Å². The van der Waals surface area contributed by atoms with Gasteiger partial charge in [-0.2, -0.15) is 0 Å². The number of ether oxygens (including phenoxy) is 3. The van der Waals surface area contributed by atoms with E-state index in [-0.39, 0.29) is 31.1 Å². The minimum absolute atomic E-state index is 0.000428. The molecular formula is C30H40N2O7. The van der Waals surface area contributed by atoms with Gasteiger partial charge < -0.3 is 29.7 Å². The van der Waals surface area contributed by atoms with Gasteiger partial charge in [-0.05, 0) is 36.1 Å². The standard InChI is InChI=1S/C30H40N2O7/c33-21-22-10-12-23(13-11-22)27-19-26(20-32-14-16-37-17-15-32)38-30(39-27)24-6-5-7-25(18-24)31-28(34)8-3-1-2-4-9-29(35)36/h5-7,10-13,18,26-27,30,33H,1-4,8-9,14-17,19-21H2,(H,31,34)(H,35,36). The summed E-state index contributed by atoms with van der Waals surface area (Å²) >= 11 is 0. The number of amides is 1. The van der Waals surface area contributed by atoms with Gasteiger partial charge in [-0.25, -0.2) is 0 Å². The third-order valence-electron chi connectivity index (χ3n) is 7.17. The molecule has 4 rings (SSSR count). The summed E-state index contributed by atoms with van der Waals surface area (Å²) in [6.45, 7) is 3.99. The number of anilines is 1. The van der Waals surface area contributed by atoms with Crippen LogP contribution in [0.25, 0.3) is 0 Å². The number of carboxylic acids is 1. The minimum atomic E-state index is -0.781. The largest absolute Gasteiger partial charge is 0.481 e. The maximum Gasteiger partial charge on any atom is 0.303 e. The molecule has 2 aliphatic rings. The van der Waals surface area contributed by atoms with Crippen molar-refractivity contribution >= 4 is 17.6 Å². The first kappa shape index (κ1) is 29.2. The van der Waals surface area contributed by atoms with Gasteiger partial charge in [0.25, 0.3) is 0 Å². The molecule has 9 nitrogen and oxygen atoms in total. The first-order chi connectivity index (χ1) is 19.0. The number of carbonyl (C=O) groups excluding carboxylic acids is 1. The summed E-state index contributed by atoms with van der Waals surface area (Å²) < 4.78 is 18.4. The average molecular weight is 541 g/mol. The van der Waals surface area contributed by atoms with Crippen molar-refractivity contribution in [3.05, 3.63) is 65.2 Å². The van der Waals surface area contributed by atoms with E-state index in [0.29, 0.717) is 18.5 Å². The molecule has 1 amide bonds. The van der Waals surface area contributed by atoms with E-state index in [4.69, 9.17) is 19.3 Å². The number of aliphatic hydroxyl groups is 1. The number of benzene rings is 2. The number of morpholine rings is 1. The lowest BCUT2D eigenvalue weighted by Gasteiger charge is -2.39. The van der Waals surface area contributed by atoms with Gasteiger partial charge in [0.2, 0.25) is 5.91 Å². The molecule has 2 aromatic carbocycles. The SMILES string of the molecule is O=C(O)CCCCCCC(=O)Nc1cccc(C2OC(CN3CCOCC3)CC(c3ccc(CO)cc3)O2)c1. The van der Waals surface area contributed by atoms with E-state index < -0.39 is 12.3 Å². The molecule has 0 aromatic heterocycles. The summed E-state index contributed by atoms with van der Waals surface area (Å²) in [6, 6.07) is 15.4. The Bertz CT molecular complexity index is 1060.